The van der Waals surface area contributed by atoms with Gasteiger partial charge in [0.15, 0.2) is 0 Å². The predicted octanol–water partition coefficient (Wildman–Crippen LogP) is 2.57. The zero-order chi connectivity index (χ0) is 11.9. The Hall–Kier alpha value is -1.30. The number of aryl methyl sites for hydroxylation is 1. The van der Waals surface area contributed by atoms with Gasteiger partial charge in [0.1, 0.15) is 0 Å². The van der Waals surface area contributed by atoms with Gasteiger partial charge in [-0.2, -0.15) is 0 Å². The molecule has 0 bridgehead atoms. The number of rotatable bonds is 1. The van der Waals surface area contributed by atoms with Crippen LogP contribution in [0, 0.1) is 6.92 Å². The molecule has 2 aromatic carbocycles. The fourth-order valence-electron chi connectivity index (χ4n) is 1.67. The number of nitrogens with zero attached hydrogens (tertiary/aromatic N) is 1. The molecule has 84 valence electrons. The second kappa shape index (κ2) is 3.93. The van der Waals surface area contributed by atoms with E-state index >= 15 is 0 Å². The number of benzene rings is 2. The zero-order valence-corrected chi connectivity index (χ0v) is 10.0. The predicted molar refractivity (Wildman–Crippen MR) is 61.9 cm³/mol. The lowest BCUT2D eigenvalue weighted by Crippen LogP contribution is -2.14. The maximum absolute atomic E-state index is 11.7. The molecule has 4 nitrogen and oxygen atoms in total. The quantitative estimate of drug-likeness (QED) is 0.789. The third kappa shape index (κ3) is 1.73. The summed E-state index contributed by atoms with van der Waals surface area (Å²) < 4.78 is 0.867. The summed E-state index contributed by atoms with van der Waals surface area (Å²) in [5.41, 5.74) is 0.344. The molecule has 0 saturated heterocycles. The van der Waals surface area contributed by atoms with Crippen LogP contribution in [0.15, 0.2) is 28.7 Å². The zero-order valence-electron chi connectivity index (χ0n) is 8.44. The number of fused-ring (bicyclic) bond motifs is 1. The minimum absolute atomic E-state index is 0.143. The van der Waals surface area contributed by atoms with Crippen LogP contribution in [0.25, 0.3) is 10.8 Å². The molecule has 0 aliphatic carbocycles. The average molecular weight is 283 g/mol. The van der Waals surface area contributed by atoms with E-state index < -0.39 is 0 Å². The van der Waals surface area contributed by atoms with E-state index in [1.807, 2.05) is 18.2 Å². The molecule has 0 aromatic heterocycles. The molecule has 0 fully saturated rings. The molecule has 0 saturated carbocycles. The SMILES string of the molecule is Cc1c([O-])c(N(O)O)cc2cc(Br)ccc12. The third-order valence-electron chi connectivity index (χ3n) is 2.50. The van der Waals surface area contributed by atoms with Crippen molar-refractivity contribution in [2.24, 2.45) is 0 Å². The highest BCUT2D eigenvalue weighted by Crippen LogP contribution is 2.34. The number of hydrogen-bond donors (Lipinski definition) is 2. The maximum atomic E-state index is 11.7. The lowest BCUT2D eigenvalue weighted by Gasteiger charge is -2.21. The average Bonchev–Trinajstić information content (AvgIpc) is 2.22. The van der Waals surface area contributed by atoms with E-state index in [0.717, 1.165) is 15.2 Å². The van der Waals surface area contributed by atoms with Crippen LogP contribution in [0.4, 0.5) is 5.69 Å². The first-order chi connectivity index (χ1) is 7.50. The van der Waals surface area contributed by atoms with Crippen molar-refractivity contribution in [3.63, 3.8) is 0 Å². The smallest absolute Gasteiger partial charge is 0.0873 e. The van der Waals surface area contributed by atoms with Crippen molar-refractivity contribution in [1.82, 2.24) is 0 Å². The third-order valence-corrected chi connectivity index (χ3v) is 2.99. The van der Waals surface area contributed by atoms with Gasteiger partial charge in [-0.3, -0.25) is 10.4 Å². The summed E-state index contributed by atoms with van der Waals surface area (Å²) in [6.45, 7) is 1.66. The molecule has 5 heteroatoms. The molecule has 0 aliphatic heterocycles. The highest BCUT2D eigenvalue weighted by molar-refractivity contribution is 9.10. The van der Waals surface area contributed by atoms with Crippen LogP contribution in [0.2, 0.25) is 0 Å². The summed E-state index contributed by atoms with van der Waals surface area (Å²) in [7, 11) is 0. The van der Waals surface area contributed by atoms with Gasteiger partial charge in [-0.05, 0) is 41.5 Å². The molecule has 0 atom stereocenters. The summed E-state index contributed by atoms with van der Waals surface area (Å²) >= 11 is 3.32. The number of hydrogen-bond acceptors (Lipinski definition) is 4. The lowest BCUT2D eigenvalue weighted by atomic mass is 10.0. The van der Waals surface area contributed by atoms with E-state index in [1.165, 1.54) is 6.07 Å². The van der Waals surface area contributed by atoms with Crippen LogP contribution < -0.4 is 10.3 Å². The fourth-order valence-corrected chi connectivity index (χ4v) is 2.05. The van der Waals surface area contributed by atoms with Crippen LogP contribution in [0.5, 0.6) is 5.75 Å². The molecule has 0 radical (unpaired) electrons. The first kappa shape index (κ1) is 11.2. The Labute approximate surface area is 100 Å². The Balaban J connectivity index is 2.83. The van der Waals surface area contributed by atoms with E-state index in [4.69, 9.17) is 10.4 Å². The van der Waals surface area contributed by atoms with E-state index in [2.05, 4.69) is 15.9 Å². The molecule has 2 aromatic rings. The highest BCUT2D eigenvalue weighted by atomic mass is 79.9. The van der Waals surface area contributed by atoms with Crippen LogP contribution in [0.3, 0.4) is 0 Å². The number of anilines is 1. The monoisotopic (exact) mass is 282 g/mol. The maximum Gasteiger partial charge on any atom is 0.0873 e. The molecule has 2 N–H and O–H groups in total. The Morgan fingerprint density at radius 3 is 2.56 bits per heavy atom. The second-order valence-electron chi connectivity index (χ2n) is 3.50. The van der Waals surface area contributed by atoms with Gasteiger partial charge in [0.05, 0.1) is 5.69 Å². The second-order valence-corrected chi connectivity index (χ2v) is 4.42. The van der Waals surface area contributed by atoms with Crippen molar-refractivity contribution in [2.75, 3.05) is 5.23 Å². The molecule has 2 rings (SSSR count). The van der Waals surface area contributed by atoms with E-state index in [1.54, 1.807) is 6.92 Å². The minimum atomic E-state index is -0.389. The molecular weight excluding hydrogens is 274 g/mol. The minimum Gasteiger partial charge on any atom is -0.871 e. The molecule has 0 spiro atoms. The van der Waals surface area contributed by atoms with E-state index in [-0.39, 0.29) is 16.7 Å². The number of halogens is 1. The molecule has 0 heterocycles. The van der Waals surface area contributed by atoms with Gasteiger partial charge in [0.25, 0.3) is 0 Å². The highest BCUT2D eigenvalue weighted by Gasteiger charge is 2.07. The van der Waals surface area contributed by atoms with Gasteiger partial charge in [0, 0.05) is 4.47 Å². The molecule has 16 heavy (non-hydrogen) atoms. The van der Waals surface area contributed by atoms with Crippen LogP contribution in [0.1, 0.15) is 5.56 Å². The summed E-state index contributed by atoms with van der Waals surface area (Å²) in [6.07, 6.45) is 0. The Morgan fingerprint density at radius 1 is 1.25 bits per heavy atom. The van der Waals surface area contributed by atoms with Gasteiger partial charge >= 0.3 is 0 Å². The molecule has 0 amide bonds. The van der Waals surface area contributed by atoms with Crippen molar-refractivity contribution < 1.29 is 15.5 Å². The first-order valence-corrected chi connectivity index (χ1v) is 5.38. The lowest BCUT2D eigenvalue weighted by molar-refractivity contribution is -0.269. The molecule has 0 unspecified atom stereocenters. The largest absolute Gasteiger partial charge is 0.871 e. The van der Waals surface area contributed by atoms with Crippen LogP contribution in [-0.4, -0.2) is 10.4 Å². The van der Waals surface area contributed by atoms with Crippen molar-refractivity contribution in [3.05, 3.63) is 34.3 Å². The summed E-state index contributed by atoms with van der Waals surface area (Å²) in [5.74, 6) is -0.389. The van der Waals surface area contributed by atoms with Crippen molar-refractivity contribution >= 4 is 32.4 Å². The van der Waals surface area contributed by atoms with Crippen LogP contribution in [-0.2, 0) is 0 Å². The van der Waals surface area contributed by atoms with Gasteiger partial charge in [-0.1, -0.05) is 27.7 Å². The van der Waals surface area contributed by atoms with Gasteiger partial charge < -0.3 is 5.11 Å². The Kier molecular flexibility index (Phi) is 2.75. The van der Waals surface area contributed by atoms with Crippen molar-refractivity contribution in [3.8, 4) is 5.75 Å². The molecular formula is C11H9BrNO3-. The summed E-state index contributed by atoms with van der Waals surface area (Å²) in [5, 5.41) is 31.0. The Morgan fingerprint density at radius 2 is 1.94 bits per heavy atom. The Bertz CT molecular complexity index is 554. The topological polar surface area (TPSA) is 66.8 Å². The van der Waals surface area contributed by atoms with Gasteiger partial charge in [-0.15, -0.1) is 5.23 Å². The van der Waals surface area contributed by atoms with Gasteiger partial charge in [-0.25, -0.2) is 0 Å². The standard InChI is InChI=1S/C11H10BrNO3/c1-6-9-3-2-8(12)4-7(9)5-10(11(6)14)13(15)16/h2-5,14-16H,1H3/p-1. The van der Waals surface area contributed by atoms with E-state index in [9.17, 15) is 5.11 Å². The summed E-state index contributed by atoms with van der Waals surface area (Å²) in [6, 6.07) is 6.91. The first-order valence-electron chi connectivity index (χ1n) is 4.58. The van der Waals surface area contributed by atoms with Crippen molar-refractivity contribution in [2.45, 2.75) is 6.92 Å². The summed E-state index contributed by atoms with van der Waals surface area (Å²) in [4.78, 5) is 0. The molecule has 0 aliphatic rings. The fraction of sp³-hybridized carbons (Fsp3) is 0.0909. The van der Waals surface area contributed by atoms with Gasteiger partial charge in [0.2, 0.25) is 0 Å². The van der Waals surface area contributed by atoms with E-state index in [0.29, 0.717) is 5.56 Å². The van der Waals surface area contributed by atoms with Crippen LogP contribution >= 0.6 is 15.9 Å². The van der Waals surface area contributed by atoms with Crippen molar-refractivity contribution in [1.29, 1.82) is 0 Å². The normalized spacial score (nSPS) is 10.8.